The fourth-order valence-electron chi connectivity index (χ4n) is 2.68. The first-order valence-electron chi connectivity index (χ1n) is 10.1. The molecule has 178 valence electrons. The summed E-state index contributed by atoms with van der Waals surface area (Å²) >= 11 is 8.47. The van der Waals surface area contributed by atoms with Crippen LogP contribution >= 0.6 is 34.7 Å². The van der Waals surface area contributed by atoms with E-state index in [2.05, 4.69) is 33.9 Å². The second-order valence-electron chi connectivity index (χ2n) is 6.80. The molecule has 0 spiro atoms. The third-order valence-electron chi connectivity index (χ3n) is 4.13. The van der Waals surface area contributed by atoms with Gasteiger partial charge in [0.05, 0.1) is 27.1 Å². The summed E-state index contributed by atoms with van der Waals surface area (Å²) < 4.78 is 16.7. The Balaban J connectivity index is 0.00000103. The minimum Gasteiger partial charge on any atom is -0.306 e. The highest BCUT2D eigenvalue weighted by molar-refractivity contribution is 7.98. The number of anilines is 1. The van der Waals surface area contributed by atoms with E-state index >= 15 is 0 Å². The van der Waals surface area contributed by atoms with Crippen molar-refractivity contribution in [3.05, 3.63) is 69.7 Å². The summed E-state index contributed by atoms with van der Waals surface area (Å²) in [6.45, 7) is 4.25. The van der Waals surface area contributed by atoms with Crippen molar-refractivity contribution >= 4 is 68.3 Å². The Kier molecular flexibility index (Phi) is 9.22. The first kappa shape index (κ1) is 25.9. The van der Waals surface area contributed by atoms with Gasteiger partial charge in [0.1, 0.15) is 16.4 Å². The molecule has 0 bridgehead atoms. The minimum absolute atomic E-state index is 0.239. The summed E-state index contributed by atoms with van der Waals surface area (Å²) in [6, 6.07) is 11.2. The van der Waals surface area contributed by atoms with E-state index in [1.54, 1.807) is 48.2 Å². The molecule has 0 saturated heterocycles. The number of aromatic nitrogens is 3. The summed E-state index contributed by atoms with van der Waals surface area (Å²) in [4.78, 5) is 34.5. The number of thiophene rings is 1. The highest BCUT2D eigenvalue weighted by Crippen LogP contribution is 2.23. The Morgan fingerprint density at radius 3 is 2.56 bits per heavy atom. The molecule has 12 heteroatoms. The molecule has 8 nitrogen and oxygen atoms in total. The molecule has 0 aliphatic carbocycles. The average Bonchev–Trinajstić information content (AvgIpc) is 3.27. The van der Waals surface area contributed by atoms with Gasteiger partial charge in [-0.1, -0.05) is 31.9 Å². The molecule has 1 unspecified atom stereocenters. The molecule has 0 saturated carbocycles. The van der Waals surface area contributed by atoms with Gasteiger partial charge >= 0.3 is 6.03 Å². The van der Waals surface area contributed by atoms with Crippen molar-refractivity contribution in [2.75, 3.05) is 11.6 Å². The number of nitrogens with zero attached hydrogens (tertiary/aromatic N) is 3. The lowest BCUT2D eigenvalue weighted by Crippen LogP contribution is -2.30. The van der Waals surface area contributed by atoms with E-state index in [4.69, 9.17) is 11.6 Å². The molecule has 4 aromatic rings. The highest BCUT2D eigenvalue weighted by atomic mass is 35.5. The SMILES string of the molecule is CCC.CSc1ccc2ncn(-c3ccc(NC(=O)NS(=O)c4ccc(Cl)s4)cn3)c(=O)c2c1. The molecule has 0 fully saturated rings. The number of benzene rings is 1. The molecule has 2 amide bonds. The maximum absolute atomic E-state index is 12.9. The van der Waals surface area contributed by atoms with Gasteiger partial charge in [-0.05, 0) is 48.7 Å². The second kappa shape index (κ2) is 12.1. The monoisotopic (exact) mass is 535 g/mol. The fraction of sp³-hybridized carbons (Fsp3) is 0.182. The Morgan fingerprint density at radius 2 is 1.94 bits per heavy atom. The number of halogens is 1. The fourth-order valence-corrected chi connectivity index (χ4v) is 5.24. The Hall–Kier alpha value is -2.73. The number of carbonyl (C=O) groups excluding carboxylic acids is 1. The van der Waals surface area contributed by atoms with Crippen molar-refractivity contribution in [3.8, 4) is 5.82 Å². The predicted octanol–water partition coefficient (Wildman–Crippen LogP) is 5.48. The van der Waals surface area contributed by atoms with Gasteiger partial charge in [0, 0.05) is 4.90 Å². The van der Waals surface area contributed by atoms with Gasteiger partial charge in [0.25, 0.3) is 5.56 Å². The molecule has 34 heavy (non-hydrogen) atoms. The van der Waals surface area contributed by atoms with Gasteiger partial charge in [-0.15, -0.1) is 23.1 Å². The zero-order valence-corrected chi connectivity index (χ0v) is 21.8. The number of urea groups is 1. The smallest absolute Gasteiger partial charge is 0.306 e. The summed E-state index contributed by atoms with van der Waals surface area (Å²) in [5.41, 5.74) is 0.736. The molecule has 0 aliphatic heterocycles. The predicted molar refractivity (Wildman–Crippen MR) is 141 cm³/mol. The van der Waals surface area contributed by atoms with Gasteiger partial charge in [0.15, 0.2) is 11.0 Å². The van der Waals surface area contributed by atoms with Crippen LogP contribution in [0.25, 0.3) is 16.7 Å². The Morgan fingerprint density at radius 1 is 1.18 bits per heavy atom. The normalized spacial score (nSPS) is 11.4. The zero-order chi connectivity index (χ0) is 24.7. The van der Waals surface area contributed by atoms with E-state index in [1.165, 1.54) is 23.5 Å². The van der Waals surface area contributed by atoms with Crippen molar-refractivity contribution in [2.45, 2.75) is 29.4 Å². The first-order valence-corrected chi connectivity index (χ1v) is 13.7. The molecule has 3 heterocycles. The largest absolute Gasteiger partial charge is 0.331 e. The van der Waals surface area contributed by atoms with Crippen molar-refractivity contribution in [1.82, 2.24) is 19.3 Å². The van der Waals surface area contributed by atoms with Crippen LogP contribution in [-0.4, -0.2) is 31.0 Å². The van der Waals surface area contributed by atoms with Crippen LogP contribution in [-0.2, 0) is 11.0 Å². The third-order valence-corrected chi connectivity index (χ3v) is 7.46. The molecule has 0 radical (unpaired) electrons. The second-order valence-corrected chi connectivity index (χ2v) is 10.8. The lowest BCUT2D eigenvalue weighted by molar-refractivity contribution is 0.257. The van der Waals surface area contributed by atoms with Gasteiger partial charge in [-0.2, -0.15) is 0 Å². The third kappa shape index (κ3) is 6.44. The zero-order valence-electron chi connectivity index (χ0n) is 18.6. The molecular weight excluding hydrogens is 514 g/mol. The van der Waals surface area contributed by atoms with Crippen LogP contribution in [0.15, 0.2) is 68.9 Å². The molecule has 3 aromatic heterocycles. The lowest BCUT2D eigenvalue weighted by atomic mass is 10.2. The molecule has 1 atom stereocenters. The number of thioether (sulfide) groups is 1. The van der Waals surface area contributed by atoms with Crippen LogP contribution in [0.4, 0.5) is 10.5 Å². The van der Waals surface area contributed by atoms with E-state index in [0.717, 1.165) is 16.2 Å². The molecular formula is C22H22ClN5O3S3. The van der Waals surface area contributed by atoms with Gasteiger partial charge in [-0.25, -0.2) is 19.0 Å². The quantitative estimate of drug-likeness (QED) is 0.328. The average molecular weight is 536 g/mol. The van der Waals surface area contributed by atoms with Crippen molar-refractivity contribution in [3.63, 3.8) is 0 Å². The van der Waals surface area contributed by atoms with Crippen LogP contribution in [0.5, 0.6) is 0 Å². The van der Waals surface area contributed by atoms with E-state index in [0.29, 0.717) is 31.0 Å². The van der Waals surface area contributed by atoms with Gasteiger partial charge in [0.2, 0.25) is 0 Å². The van der Waals surface area contributed by atoms with E-state index in [-0.39, 0.29) is 5.56 Å². The number of amides is 2. The van der Waals surface area contributed by atoms with E-state index in [1.807, 2.05) is 12.3 Å². The molecule has 1 aromatic carbocycles. The highest BCUT2D eigenvalue weighted by Gasteiger charge is 2.12. The van der Waals surface area contributed by atoms with E-state index < -0.39 is 17.0 Å². The van der Waals surface area contributed by atoms with Crippen LogP contribution in [0.2, 0.25) is 4.34 Å². The maximum atomic E-state index is 12.9. The number of fused-ring (bicyclic) bond motifs is 1. The number of hydrogen-bond acceptors (Lipinski definition) is 7. The van der Waals surface area contributed by atoms with Crippen LogP contribution < -0.4 is 15.6 Å². The minimum atomic E-state index is -1.72. The van der Waals surface area contributed by atoms with E-state index in [9.17, 15) is 13.8 Å². The number of nitrogens with one attached hydrogen (secondary N) is 2. The topological polar surface area (TPSA) is 106 Å². The number of hydrogen-bond donors (Lipinski definition) is 2. The maximum Gasteiger partial charge on any atom is 0.331 e. The van der Waals surface area contributed by atoms with Crippen LogP contribution in [0, 0.1) is 0 Å². The molecule has 4 rings (SSSR count). The standard InChI is InChI=1S/C19H14ClN5O3S3.C3H8/c1-29-12-3-4-14-13(8-12)18(26)25(10-22-14)16-6-2-11(9-21-16)23-19(27)24-31(28)17-7-5-15(20)30-17;1-3-2/h2-10H,1H3,(H2,23,24,27);3H2,1-2H3. The summed E-state index contributed by atoms with van der Waals surface area (Å²) in [5.74, 6) is 0.358. The number of pyridine rings is 1. The van der Waals surface area contributed by atoms with Gasteiger partial charge < -0.3 is 5.32 Å². The number of rotatable bonds is 5. The summed E-state index contributed by atoms with van der Waals surface area (Å²) in [6.07, 6.45) is 6.00. The Bertz CT molecular complexity index is 1370. The lowest BCUT2D eigenvalue weighted by Gasteiger charge is -2.09. The first-order chi connectivity index (χ1) is 16.4. The van der Waals surface area contributed by atoms with Crippen LogP contribution in [0.1, 0.15) is 20.3 Å². The summed E-state index contributed by atoms with van der Waals surface area (Å²) in [7, 11) is -1.72. The molecule has 0 aliphatic rings. The molecule has 2 N–H and O–H groups in total. The van der Waals surface area contributed by atoms with Crippen LogP contribution in [0.3, 0.4) is 0 Å². The van der Waals surface area contributed by atoms with Crippen molar-refractivity contribution in [1.29, 1.82) is 0 Å². The van der Waals surface area contributed by atoms with Crippen molar-refractivity contribution < 1.29 is 9.00 Å². The summed E-state index contributed by atoms with van der Waals surface area (Å²) in [5, 5.41) is 3.04. The van der Waals surface area contributed by atoms with Gasteiger partial charge in [-0.3, -0.25) is 14.1 Å². The Labute approximate surface area is 212 Å². The number of carbonyl (C=O) groups is 1. The van der Waals surface area contributed by atoms with Crippen molar-refractivity contribution in [2.24, 2.45) is 0 Å².